The molecule has 0 aromatic carbocycles. The Kier molecular flexibility index (Phi) is 4.02. The van der Waals surface area contributed by atoms with Gasteiger partial charge in [-0.2, -0.15) is 13.2 Å². The first kappa shape index (κ1) is 14.0. The Balaban J connectivity index is 1.96. The fourth-order valence-electron chi connectivity index (χ4n) is 1.37. The van der Waals surface area contributed by atoms with Gasteiger partial charge in [0.15, 0.2) is 0 Å². The van der Waals surface area contributed by atoms with Gasteiger partial charge in [0.2, 0.25) is 5.88 Å². The van der Waals surface area contributed by atoms with E-state index in [1.807, 2.05) is 0 Å². The third kappa shape index (κ3) is 3.56. The van der Waals surface area contributed by atoms with E-state index in [1.54, 1.807) is 19.2 Å². The molecule has 0 atom stereocenters. The Morgan fingerprint density at radius 1 is 1.15 bits per heavy atom. The van der Waals surface area contributed by atoms with Crippen LogP contribution in [0.1, 0.15) is 11.3 Å². The van der Waals surface area contributed by atoms with Gasteiger partial charge in [0.05, 0.1) is 0 Å². The van der Waals surface area contributed by atoms with E-state index in [0.29, 0.717) is 11.4 Å². The first-order valence-electron chi connectivity index (χ1n) is 5.65. The maximum atomic E-state index is 12.3. The molecule has 8 heteroatoms. The van der Waals surface area contributed by atoms with Gasteiger partial charge >= 0.3 is 6.18 Å². The molecule has 0 spiro atoms. The largest absolute Gasteiger partial charge is 0.472 e. The number of halogens is 3. The molecule has 0 aliphatic rings. The molecule has 0 radical (unpaired) electrons. The van der Waals surface area contributed by atoms with Crippen LogP contribution in [0.15, 0.2) is 30.5 Å². The SMILES string of the molecule is CNc1ccc(OCc2ccc(C(F)(F)F)nc2)nn1. The molecule has 2 heterocycles. The fraction of sp³-hybridized carbons (Fsp3) is 0.250. The molecule has 0 amide bonds. The number of ether oxygens (including phenoxy) is 1. The average Bonchev–Trinajstić information content (AvgIpc) is 2.45. The van der Waals surface area contributed by atoms with Gasteiger partial charge in [-0.15, -0.1) is 10.2 Å². The zero-order valence-corrected chi connectivity index (χ0v) is 10.5. The van der Waals surface area contributed by atoms with Crippen molar-refractivity contribution in [3.63, 3.8) is 0 Å². The van der Waals surface area contributed by atoms with Crippen LogP contribution in [0.4, 0.5) is 19.0 Å². The fourth-order valence-corrected chi connectivity index (χ4v) is 1.37. The van der Waals surface area contributed by atoms with E-state index in [4.69, 9.17) is 4.74 Å². The molecule has 20 heavy (non-hydrogen) atoms. The molecule has 0 fully saturated rings. The highest BCUT2D eigenvalue weighted by atomic mass is 19.4. The lowest BCUT2D eigenvalue weighted by Gasteiger charge is -2.07. The summed E-state index contributed by atoms with van der Waals surface area (Å²) in [6.07, 6.45) is -3.31. The molecule has 0 aliphatic heterocycles. The second-order valence-electron chi connectivity index (χ2n) is 3.84. The summed E-state index contributed by atoms with van der Waals surface area (Å²) in [5.41, 5.74) is -0.420. The van der Waals surface area contributed by atoms with Crippen molar-refractivity contribution in [3.8, 4) is 5.88 Å². The third-order valence-electron chi connectivity index (χ3n) is 2.40. The van der Waals surface area contributed by atoms with E-state index < -0.39 is 11.9 Å². The van der Waals surface area contributed by atoms with Crippen LogP contribution in [0, 0.1) is 0 Å². The molecule has 0 saturated heterocycles. The number of anilines is 1. The predicted molar refractivity (Wildman–Crippen MR) is 65.1 cm³/mol. The number of rotatable bonds is 4. The molecule has 106 valence electrons. The minimum Gasteiger partial charge on any atom is -0.472 e. The van der Waals surface area contributed by atoms with Crippen molar-refractivity contribution in [1.82, 2.24) is 15.2 Å². The highest BCUT2D eigenvalue weighted by Crippen LogP contribution is 2.27. The van der Waals surface area contributed by atoms with E-state index >= 15 is 0 Å². The Hall–Kier alpha value is -2.38. The van der Waals surface area contributed by atoms with Crippen LogP contribution >= 0.6 is 0 Å². The van der Waals surface area contributed by atoms with Crippen molar-refractivity contribution >= 4 is 5.82 Å². The zero-order chi connectivity index (χ0) is 14.6. The average molecular weight is 284 g/mol. The van der Waals surface area contributed by atoms with Crippen LogP contribution in [-0.4, -0.2) is 22.2 Å². The topological polar surface area (TPSA) is 59.9 Å². The first-order valence-corrected chi connectivity index (χ1v) is 5.65. The molecule has 5 nitrogen and oxygen atoms in total. The van der Waals surface area contributed by atoms with E-state index in [2.05, 4.69) is 20.5 Å². The number of hydrogen-bond acceptors (Lipinski definition) is 5. The standard InChI is InChI=1S/C12H11F3N4O/c1-16-10-4-5-11(19-18-10)20-7-8-2-3-9(17-6-8)12(13,14)15/h2-6H,7H2,1H3,(H,16,18). The monoisotopic (exact) mass is 284 g/mol. The van der Waals surface area contributed by atoms with Crippen molar-refractivity contribution in [2.24, 2.45) is 0 Å². The second-order valence-corrected chi connectivity index (χ2v) is 3.84. The molecule has 2 aromatic rings. The van der Waals surface area contributed by atoms with Crippen LogP contribution < -0.4 is 10.1 Å². The van der Waals surface area contributed by atoms with E-state index in [0.717, 1.165) is 12.3 Å². The maximum absolute atomic E-state index is 12.3. The maximum Gasteiger partial charge on any atom is 0.433 e. The Labute approximate surface area is 112 Å². The molecule has 0 aliphatic carbocycles. The van der Waals surface area contributed by atoms with Gasteiger partial charge < -0.3 is 10.1 Å². The van der Waals surface area contributed by atoms with Crippen LogP contribution in [-0.2, 0) is 12.8 Å². The molecule has 1 N–H and O–H groups in total. The van der Waals surface area contributed by atoms with Gasteiger partial charge in [-0.3, -0.25) is 4.98 Å². The number of alkyl halides is 3. The lowest BCUT2D eigenvalue weighted by Crippen LogP contribution is -2.08. The Morgan fingerprint density at radius 3 is 2.45 bits per heavy atom. The van der Waals surface area contributed by atoms with Crippen molar-refractivity contribution < 1.29 is 17.9 Å². The minimum absolute atomic E-state index is 0.0682. The first-order chi connectivity index (χ1) is 9.49. The predicted octanol–water partition coefficient (Wildman–Crippen LogP) is 2.51. The third-order valence-corrected chi connectivity index (χ3v) is 2.40. The van der Waals surface area contributed by atoms with Crippen molar-refractivity contribution in [3.05, 3.63) is 41.7 Å². The lowest BCUT2D eigenvalue weighted by atomic mass is 10.2. The molecule has 2 aromatic heterocycles. The van der Waals surface area contributed by atoms with Crippen LogP contribution in [0.3, 0.4) is 0 Å². The highest BCUT2D eigenvalue weighted by Gasteiger charge is 2.31. The van der Waals surface area contributed by atoms with Crippen LogP contribution in [0.2, 0.25) is 0 Å². The lowest BCUT2D eigenvalue weighted by molar-refractivity contribution is -0.141. The Morgan fingerprint density at radius 2 is 1.95 bits per heavy atom. The quantitative estimate of drug-likeness (QED) is 0.934. The van der Waals surface area contributed by atoms with Gasteiger partial charge in [0.25, 0.3) is 0 Å². The van der Waals surface area contributed by atoms with Gasteiger partial charge in [0, 0.05) is 24.9 Å². The number of hydrogen-bond donors (Lipinski definition) is 1. The zero-order valence-electron chi connectivity index (χ0n) is 10.5. The summed E-state index contributed by atoms with van der Waals surface area (Å²) in [6, 6.07) is 5.50. The van der Waals surface area contributed by atoms with Gasteiger partial charge in [-0.25, -0.2) is 0 Å². The number of aromatic nitrogens is 3. The van der Waals surface area contributed by atoms with Crippen molar-refractivity contribution in [2.45, 2.75) is 12.8 Å². The summed E-state index contributed by atoms with van der Waals surface area (Å²) in [4.78, 5) is 3.34. The van der Waals surface area contributed by atoms with E-state index in [9.17, 15) is 13.2 Å². The van der Waals surface area contributed by atoms with E-state index in [1.165, 1.54) is 6.07 Å². The molecule has 0 unspecified atom stereocenters. The summed E-state index contributed by atoms with van der Waals surface area (Å²) in [5.74, 6) is 0.873. The normalized spacial score (nSPS) is 11.2. The molecule has 0 bridgehead atoms. The van der Waals surface area contributed by atoms with Gasteiger partial charge in [-0.05, 0) is 12.1 Å². The summed E-state index contributed by atoms with van der Waals surface area (Å²) in [5, 5.41) is 10.4. The van der Waals surface area contributed by atoms with Gasteiger partial charge in [0.1, 0.15) is 18.1 Å². The van der Waals surface area contributed by atoms with Gasteiger partial charge in [-0.1, -0.05) is 6.07 Å². The van der Waals surface area contributed by atoms with Crippen LogP contribution in [0.5, 0.6) is 5.88 Å². The molecular weight excluding hydrogens is 273 g/mol. The van der Waals surface area contributed by atoms with Crippen molar-refractivity contribution in [1.29, 1.82) is 0 Å². The number of pyridine rings is 1. The highest BCUT2D eigenvalue weighted by molar-refractivity contribution is 5.32. The van der Waals surface area contributed by atoms with Crippen molar-refractivity contribution in [2.75, 3.05) is 12.4 Å². The molecular formula is C12H11F3N4O. The second kappa shape index (κ2) is 5.72. The molecule has 0 saturated carbocycles. The summed E-state index contributed by atoms with van der Waals surface area (Å²) in [7, 11) is 1.71. The Bertz CT molecular complexity index is 554. The number of nitrogens with one attached hydrogen (secondary N) is 1. The van der Waals surface area contributed by atoms with E-state index in [-0.39, 0.29) is 12.5 Å². The molecule has 2 rings (SSSR count). The summed E-state index contributed by atoms with van der Waals surface area (Å²) < 4.78 is 42.3. The summed E-state index contributed by atoms with van der Waals surface area (Å²) >= 11 is 0. The minimum atomic E-state index is -4.44. The number of nitrogens with zero attached hydrogens (tertiary/aromatic N) is 3. The smallest absolute Gasteiger partial charge is 0.433 e. The van der Waals surface area contributed by atoms with Crippen LogP contribution in [0.25, 0.3) is 0 Å². The summed E-state index contributed by atoms with van der Waals surface area (Å²) in [6.45, 7) is 0.0682.